The third-order valence-electron chi connectivity index (χ3n) is 3.63. The molecule has 4 nitrogen and oxygen atoms in total. The van der Waals surface area contributed by atoms with Gasteiger partial charge >= 0.3 is 0 Å². The van der Waals surface area contributed by atoms with Crippen molar-refractivity contribution in [3.05, 3.63) is 65.2 Å². The van der Waals surface area contributed by atoms with E-state index in [-0.39, 0.29) is 18.2 Å². The molecule has 5 heteroatoms. The van der Waals surface area contributed by atoms with Gasteiger partial charge in [0.2, 0.25) is 5.91 Å². The lowest BCUT2D eigenvalue weighted by atomic mass is 10.2. The van der Waals surface area contributed by atoms with Crippen LogP contribution < -0.4 is 10.2 Å². The number of halogens is 1. The number of amides is 2. The number of hydrogen-bond acceptors (Lipinski definition) is 3. The van der Waals surface area contributed by atoms with Crippen molar-refractivity contribution in [1.29, 1.82) is 0 Å². The number of rotatable bonds is 4. The minimum atomic E-state index is -0.483. The van der Waals surface area contributed by atoms with Crippen molar-refractivity contribution >= 4 is 29.1 Å². The highest BCUT2D eigenvalue weighted by molar-refractivity contribution is 6.30. The number of nitrogens with zero attached hydrogens (tertiary/aromatic N) is 1. The van der Waals surface area contributed by atoms with Crippen molar-refractivity contribution in [3.63, 3.8) is 0 Å². The summed E-state index contributed by atoms with van der Waals surface area (Å²) in [5.41, 5.74) is 1.64. The first-order chi connectivity index (χ1) is 10.6. The molecule has 1 fully saturated rings. The Kier molecular flexibility index (Phi) is 4.22. The average molecular weight is 315 g/mol. The van der Waals surface area contributed by atoms with Gasteiger partial charge in [0.1, 0.15) is 0 Å². The van der Waals surface area contributed by atoms with E-state index in [0.29, 0.717) is 17.3 Å². The van der Waals surface area contributed by atoms with Crippen molar-refractivity contribution < 1.29 is 9.59 Å². The van der Waals surface area contributed by atoms with E-state index in [9.17, 15) is 9.59 Å². The van der Waals surface area contributed by atoms with Crippen LogP contribution >= 0.6 is 11.6 Å². The van der Waals surface area contributed by atoms with Crippen LogP contribution in [0, 0.1) is 0 Å². The fourth-order valence-electron chi connectivity index (χ4n) is 2.49. The van der Waals surface area contributed by atoms with Gasteiger partial charge < -0.3 is 5.32 Å². The molecule has 0 aromatic heterocycles. The monoisotopic (exact) mass is 314 g/mol. The molecule has 0 radical (unpaired) electrons. The number of carbonyl (C=O) groups excluding carboxylic acids is 2. The van der Waals surface area contributed by atoms with E-state index in [1.165, 1.54) is 4.90 Å². The van der Waals surface area contributed by atoms with Gasteiger partial charge in [-0.05, 0) is 29.8 Å². The van der Waals surface area contributed by atoms with Crippen molar-refractivity contribution in [2.75, 3.05) is 4.90 Å². The first kappa shape index (κ1) is 14.8. The third kappa shape index (κ3) is 3.03. The molecule has 112 valence electrons. The highest BCUT2D eigenvalue weighted by Gasteiger charge is 2.39. The summed E-state index contributed by atoms with van der Waals surface area (Å²) < 4.78 is 0. The van der Waals surface area contributed by atoms with Crippen molar-refractivity contribution in [2.45, 2.75) is 19.0 Å². The van der Waals surface area contributed by atoms with Crippen LogP contribution in [0.2, 0.25) is 5.02 Å². The van der Waals surface area contributed by atoms with Gasteiger partial charge in [0.05, 0.1) is 18.2 Å². The first-order valence-electron chi connectivity index (χ1n) is 7.05. The Morgan fingerprint density at radius 1 is 1.05 bits per heavy atom. The largest absolute Gasteiger partial charge is 0.301 e. The predicted octanol–water partition coefficient (Wildman–Crippen LogP) is 2.76. The Bertz CT molecular complexity index is 686. The lowest BCUT2D eigenvalue weighted by Gasteiger charge is -2.15. The average Bonchev–Trinajstić information content (AvgIpc) is 2.82. The number of anilines is 1. The molecule has 1 unspecified atom stereocenters. The SMILES string of the molecule is O=C1CC(NCc2ccccc2)C(=O)N1c1ccc(Cl)cc1. The van der Waals surface area contributed by atoms with E-state index in [1.807, 2.05) is 30.3 Å². The van der Waals surface area contributed by atoms with E-state index in [1.54, 1.807) is 24.3 Å². The lowest BCUT2D eigenvalue weighted by molar-refractivity contribution is -0.121. The molecule has 2 aromatic carbocycles. The third-order valence-corrected chi connectivity index (χ3v) is 3.88. The van der Waals surface area contributed by atoms with Crippen LogP contribution in [0.15, 0.2) is 54.6 Å². The summed E-state index contributed by atoms with van der Waals surface area (Å²) in [6.45, 7) is 0.555. The summed E-state index contributed by atoms with van der Waals surface area (Å²) in [6.07, 6.45) is 0.175. The quantitative estimate of drug-likeness (QED) is 0.883. The number of carbonyl (C=O) groups is 2. The van der Waals surface area contributed by atoms with Gasteiger partial charge in [-0.25, -0.2) is 4.90 Å². The lowest BCUT2D eigenvalue weighted by Crippen LogP contribution is -2.38. The van der Waals surface area contributed by atoms with E-state index in [4.69, 9.17) is 11.6 Å². The van der Waals surface area contributed by atoms with E-state index in [2.05, 4.69) is 5.32 Å². The van der Waals surface area contributed by atoms with Gasteiger partial charge in [0.15, 0.2) is 0 Å². The zero-order valence-corrected chi connectivity index (χ0v) is 12.6. The zero-order valence-electron chi connectivity index (χ0n) is 11.8. The van der Waals surface area contributed by atoms with Gasteiger partial charge in [-0.15, -0.1) is 0 Å². The molecule has 1 N–H and O–H groups in total. The minimum Gasteiger partial charge on any atom is -0.301 e. The summed E-state index contributed by atoms with van der Waals surface area (Å²) in [6, 6.07) is 16.0. The van der Waals surface area contributed by atoms with Crippen molar-refractivity contribution in [1.82, 2.24) is 5.32 Å². The van der Waals surface area contributed by atoms with Gasteiger partial charge in [0.25, 0.3) is 5.91 Å². The van der Waals surface area contributed by atoms with E-state index in [0.717, 1.165) is 5.56 Å². The Morgan fingerprint density at radius 3 is 2.41 bits per heavy atom. The molecular formula is C17H15ClN2O2. The number of hydrogen-bond donors (Lipinski definition) is 1. The molecule has 3 rings (SSSR count). The Morgan fingerprint density at radius 2 is 1.73 bits per heavy atom. The molecule has 0 aliphatic carbocycles. The molecule has 2 aromatic rings. The van der Waals surface area contributed by atoms with Crippen molar-refractivity contribution in [3.8, 4) is 0 Å². The van der Waals surface area contributed by atoms with Crippen LogP contribution in [0.5, 0.6) is 0 Å². The number of benzene rings is 2. The fourth-order valence-corrected chi connectivity index (χ4v) is 2.62. The molecule has 1 atom stereocenters. The fraction of sp³-hybridized carbons (Fsp3) is 0.176. The summed E-state index contributed by atoms with van der Waals surface area (Å²) in [4.78, 5) is 25.8. The highest BCUT2D eigenvalue weighted by atomic mass is 35.5. The Labute approximate surface area is 133 Å². The molecule has 22 heavy (non-hydrogen) atoms. The highest BCUT2D eigenvalue weighted by Crippen LogP contribution is 2.24. The van der Waals surface area contributed by atoms with Crippen LogP contribution in [0.3, 0.4) is 0 Å². The van der Waals surface area contributed by atoms with Gasteiger partial charge in [0, 0.05) is 11.6 Å². The minimum absolute atomic E-state index is 0.175. The van der Waals surface area contributed by atoms with Gasteiger partial charge in [-0.1, -0.05) is 41.9 Å². The second-order valence-electron chi connectivity index (χ2n) is 5.17. The zero-order chi connectivity index (χ0) is 15.5. The maximum Gasteiger partial charge on any atom is 0.251 e. The molecule has 1 aliphatic heterocycles. The molecule has 1 aliphatic rings. The Hall–Kier alpha value is -2.17. The van der Waals surface area contributed by atoms with Crippen LogP contribution in [0.4, 0.5) is 5.69 Å². The van der Waals surface area contributed by atoms with Crippen LogP contribution in [0.1, 0.15) is 12.0 Å². The number of imide groups is 1. The smallest absolute Gasteiger partial charge is 0.251 e. The van der Waals surface area contributed by atoms with Gasteiger partial charge in [-0.3, -0.25) is 9.59 Å². The normalized spacial score (nSPS) is 18.0. The van der Waals surface area contributed by atoms with Crippen LogP contribution in [-0.2, 0) is 16.1 Å². The molecule has 1 saturated heterocycles. The maximum absolute atomic E-state index is 12.4. The van der Waals surface area contributed by atoms with Crippen LogP contribution in [0.25, 0.3) is 0 Å². The Balaban J connectivity index is 1.70. The summed E-state index contributed by atoms with van der Waals surface area (Å²) in [5, 5.41) is 3.72. The molecule has 0 saturated carbocycles. The topological polar surface area (TPSA) is 49.4 Å². The second kappa shape index (κ2) is 6.30. The molecular weight excluding hydrogens is 300 g/mol. The second-order valence-corrected chi connectivity index (χ2v) is 5.60. The van der Waals surface area contributed by atoms with E-state index < -0.39 is 6.04 Å². The standard InChI is InChI=1S/C17H15ClN2O2/c18-13-6-8-14(9-7-13)20-16(21)10-15(17(20)22)19-11-12-4-2-1-3-5-12/h1-9,15,19H,10-11H2. The molecule has 0 bridgehead atoms. The molecule has 2 amide bonds. The van der Waals surface area contributed by atoms with Crippen molar-refractivity contribution in [2.24, 2.45) is 0 Å². The summed E-state index contributed by atoms with van der Waals surface area (Å²) in [5.74, 6) is -0.416. The number of nitrogens with one attached hydrogen (secondary N) is 1. The summed E-state index contributed by atoms with van der Waals surface area (Å²) >= 11 is 5.84. The predicted molar refractivity (Wildman–Crippen MR) is 85.6 cm³/mol. The maximum atomic E-state index is 12.4. The first-order valence-corrected chi connectivity index (χ1v) is 7.42. The molecule has 0 spiro atoms. The summed E-state index contributed by atoms with van der Waals surface area (Å²) in [7, 11) is 0. The van der Waals surface area contributed by atoms with Crippen LogP contribution in [-0.4, -0.2) is 17.9 Å². The van der Waals surface area contributed by atoms with E-state index >= 15 is 0 Å². The van der Waals surface area contributed by atoms with Gasteiger partial charge in [-0.2, -0.15) is 0 Å². The molecule has 1 heterocycles.